The number of ether oxygens (including phenoxy) is 1. The van der Waals surface area contributed by atoms with Crippen molar-refractivity contribution >= 4 is 11.8 Å². The predicted octanol–water partition coefficient (Wildman–Crippen LogP) is -1.07. The van der Waals surface area contributed by atoms with Crippen molar-refractivity contribution < 1.29 is 25.2 Å². The molecule has 0 aromatic carbocycles. The lowest BCUT2D eigenvalue weighted by Crippen LogP contribution is -2.57. The van der Waals surface area contributed by atoms with Crippen LogP contribution in [0.2, 0.25) is 0 Å². The van der Waals surface area contributed by atoms with Crippen molar-refractivity contribution in [1.29, 1.82) is 0 Å². The van der Waals surface area contributed by atoms with Crippen molar-refractivity contribution in [2.45, 2.75) is 48.9 Å². The van der Waals surface area contributed by atoms with Crippen LogP contribution in [-0.2, 0) is 4.74 Å². The van der Waals surface area contributed by atoms with E-state index < -0.39 is 29.9 Å². The van der Waals surface area contributed by atoms with Gasteiger partial charge in [-0.05, 0) is 0 Å². The van der Waals surface area contributed by atoms with Gasteiger partial charge in [0.2, 0.25) is 0 Å². The molecule has 15 heavy (non-hydrogen) atoms. The fourth-order valence-corrected chi connectivity index (χ4v) is 2.51. The summed E-state index contributed by atoms with van der Waals surface area (Å²) in [6, 6.07) is 0. The first-order valence-corrected chi connectivity index (χ1v) is 5.87. The van der Waals surface area contributed by atoms with Gasteiger partial charge in [-0.2, -0.15) is 0 Å². The number of thioether (sulfide) groups is 1. The zero-order valence-electron chi connectivity index (χ0n) is 8.78. The molecule has 4 N–H and O–H groups in total. The highest BCUT2D eigenvalue weighted by Crippen LogP contribution is 2.30. The Morgan fingerprint density at radius 3 is 2.20 bits per heavy atom. The van der Waals surface area contributed by atoms with E-state index >= 15 is 0 Å². The van der Waals surface area contributed by atoms with Crippen LogP contribution in [0.25, 0.3) is 0 Å². The van der Waals surface area contributed by atoms with Gasteiger partial charge in [-0.1, -0.05) is 13.8 Å². The Hall–Kier alpha value is 0.150. The van der Waals surface area contributed by atoms with Gasteiger partial charge in [-0.25, -0.2) is 0 Å². The lowest BCUT2D eigenvalue weighted by atomic mass is 10.0. The van der Waals surface area contributed by atoms with Crippen LogP contribution in [0.1, 0.15) is 13.8 Å². The molecule has 1 fully saturated rings. The summed E-state index contributed by atoms with van der Waals surface area (Å²) in [5, 5.41) is 37.8. The van der Waals surface area contributed by atoms with E-state index in [1.54, 1.807) is 0 Å². The predicted molar refractivity (Wildman–Crippen MR) is 56.5 cm³/mol. The highest BCUT2D eigenvalue weighted by molar-refractivity contribution is 8.00. The third kappa shape index (κ3) is 3.05. The molecule has 5 atom stereocenters. The van der Waals surface area contributed by atoms with Crippen molar-refractivity contribution in [1.82, 2.24) is 0 Å². The first kappa shape index (κ1) is 13.2. The Bertz CT molecular complexity index is 199. The average Bonchev–Trinajstić information content (AvgIpc) is 2.18. The molecule has 0 aromatic heterocycles. The number of hydrogen-bond acceptors (Lipinski definition) is 6. The van der Waals surface area contributed by atoms with Gasteiger partial charge in [0.05, 0.1) is 6.61 Å². The van der Waals surface area contributed by atoms with E-state index in [4.69, 9.17) is 9.84 Å². The fourth-order valence-electron chi connectivity index (χ4n) is 1.45. The van der Waals surface area contributed by atoms with Crippen LogP contribution >= 0.6 is 11.8 Å². The molecule has 6 heteroatoms. The Kier molecular flexibility index (Phi) is 4.82. The zero-order valence-corrected chi connectivity index (χ0v) is 9.59. The summed E-state index contributed by atoms with van der Waals surface area (Å²) in [5.74, 6) is 0. The topological polar surface area (TPSA) is 90.2 Å². The van der Waals surface area contributed by atoms with Crippen LogP contribution in [0.3, 0.4) is 0 Å². The molecule has 0 aromatic rings. The second-order valence-electron chi connectivity index (χ2n) is 3.88. The van der Waals surface area contributed by atoms with E-state index in [0.717, 1.165) is 0 Å². The summed E-state index contributed by atoms with van der Waals surface area (Å²) in [6.07, 6.45) is -4.48. The lowest BCUT2D eigenvalue weighted by Gasteiger charge is -2.40. The SMILES string of the molecule is CC(C)S[C@H]1O[C@H](CO)[C@@H](O)[C@H](O)[C@@H]1O. The van der Waals surface area contributed by atoms with Crippen LogP contribution in [0.15, 0.2) is 0 Å². The molecular formula is C9H18O5S. The molecular weight excluding hydrogens is 220 g/mol. The molecule has 1 aliphatic heterocycles. The third-order valence-electron chi connectivity index (χ3n) is 2.25. The summed E-state index contributed by atoms with van der Waals surface area (Å²) < 4.78 is 5.29. The number of aliphatic hydroxyl groups excluding tert-OH is 4. The van der Waals surface area contributed by atoms with Gasteiger partial charge in [0.25, 0.3) is 0 Å². The van der Waals surface area contributed by atoms with E-state index in [1.807, 2.05) is 13.8 Å². The van der Waals surface area contributed by atoms with Crippen molar-refractivity contribution in [2.75, 3.05) is 6.61 Å². The van der Waals surface area contributed by atoms with E-state index in [2.05, 4.69) is 0 Å². The number of rotatable bonds is 3. The highest BCUT2D eigenvalue weighted by atomic mass is 32.2. The Labute approximate surface area is 93.1 Å². The molecule has 0 aliphatic carbocycles. The normalized spacial score (nSPS) is 42.2. The molecule has 0 spiro atoms. The van der Waals surface area contributed by atoms with Gasteiger partial charge in [0, 0.05) is 5.25 Å². The Morgan fingerprint density at radius 1 is 1.13 bits per heavy atom. The third-order valence-corrected chi connectivity index (χ3v) is 3.46. The van der Waals surface area contributed by atoms with E-state index in [0.29, 0.717) is 0 Å². The first-order chi connectivity index (χ1) is 6.97. The lowest BCUT2D eigenvalue weighted by molar-refractivity contribution is -0.205. The van der Waals surface area contributed by atoms with E-state index in [9.17, 15) is 15.3 Å². The first-order valence-electron chi connectivity index (χ1n) is 4.93. The summed E-state index contributed by atoms with van der Waals surface area (Å²) >= 11 is 1.35. The van der Waals surface area contributed by atoms with Crippen LogP contribution in [0.5, 0.6) is 0 Å². The van der Waals surface area contributed by atoms with Gasteiger partial charge in [-0.3, -0.25) is 0 Å². The maximum absolute atomic E-state index is 9.63. The van der Waals surface area contributed by atoms with Gasteiger partial charge in [-0.15, -0.1) is 11.8 Å². The van der Waals surface area contributed by atoms with Crippen LogP contribution in [0, 0.1) is 0 Å². The molecule has 90 valence electrons. The minimum Gasteiger partial charge on any atom is -0.394 e. The quantitative estimate of drug-likeness (QED) is 0.500. The molecule has 0 bridgehead atoms. The van der Waals surface area contributed by atoms with Crippen LogP contribution in [0.4, 0.5) is 0 Å². The van der Waals surface area contributed by atoms with Gasteiger partial charge < -0.3 is 25.2 Å². The monoisotopic (exact) mass is 238 g/mol. The van der Waals surface area contributed by atoms with Crippen LogP contribution < -0.4 is 0 Å². The van der Waals surface area contributed by atoms with Crippen molar-refractivity contribution in [3.8, 4) is 0 Å². The molecule has 0 radical (unpaired) electrons. The van der Waals surface area contributed by atoms with Gasteiger partial charge in [0.1, 0.15) is 29.9 Å². The number of hydrogen-bond donors (Lipinski definition) is 4. The molecule has 5 nitrogen and oxygen atoms in total. The molecule has 1 rings (SSSR count). The van der Waals surface area contributed by atoms with E-state index in [1.165, 1.54) is 11.8 Å². The van der Waals surface area contributed by atoms with Gasteiger partial charge in [0.15, 0.2) is 0 Å². The molecule has 0 saturated carbocycles. The molecule has 1 saturated heterocycles. The van der Waals surface area contributed by atoms with Crippen molar-refractivity contribution in [3.63, 3.8) is 0 Å². The second-order valence-corrected chi connectivity index (χ2v) is 5.56. The zero-order chi connectivity index (χ0) is 11.6. The highest BCUT2D eigenvalue weighted by Gasteiger charge is 2.43. The smallest absolute Gasteiger partial charge is 0.132 e. The maximum Gasteiger partial charge on any atom is 0.132 e. The maximum atomic E-state index is 9.63. The molecule has 0 amide bonds. The Balaban J connectivity index is 2.65. The molecule has 1 aliphatic rings. The summed E-state index contributed by atoms with van der Waals surface area (Å²) in [7, 11) is 0. The van der Waals surface area contributed by atoms with Crippen molar-refractivity contribution in [3.05, 3.63) is 0 Å². The Morgan fingerprint density at radius 2 is 1.73 bits per heavy atom. The van der Waals surface area contributed by atoms with Crippen molar-refractivity contribution in [2.24, 2.45) is 0 Å². The standard InChI is InChI=1S/C9H18O5S/c1-4(2)15-9-8(13)7(12)6(11)5(3-10)14-9/h4-13H,3H2,1-2H3/t5-,6-,7+,8+,9-/m1/s1. The minimum absolute atomic E-state index is 0.228. The summed E-state index contributed by atoms with van der Waals surface area (Å²) in [5.41, 5.74) is -0.611. The summed E-state index contributed by atoms with van der Waals surface area (Å²) in [4.78, 5) is 0. The molecule has 0 unspecified atom stereocenters. The fraction of sp³-hybridized carbons (Fsp3) is 1.00. The second kappa shape index (κ2) is 5.47. The summed E-state index contributed by atoms with van der Waals surface area (Å²) in [6.45, 7) is 3.50. The minimum atomic E-state index is -1.27. The van der Waals surface area contributed by atoms with E-state index in [-0.39, 0.29) is 11.9 Å². The molecule has 1 heterocycles. The average molecular weight is 238 g/mol. The van der Waals surface area contributed by atoms with Gasteiger partial charge >= 0.3 is 0 Å². The number of aliphatic hydroxyl groups is 4. The largest absolute Gasteiger partial charge is 0.394 e. The van der Waals surface area contributed by atoms with Crippen LogP contribution in [-0.4, -0.2) is 62.1 Å².